The van der Waals surface area contributed by atoms with Crippen LogP contribution in [0, 0.1) is 5.82 Å². The second-order valence-electron chi connectivity index (χ2n) is 6.61. The molecule has 0 spiro atoms. The predicted octanol–water partition coefficient (Wildman–Crippen LogP) is 3.09. The molecular weight excluding hydrogens is 397 g/mol. The first-order valence-corrected chi connectivity index (χ1v) is 10.8. The Hall–Kier alpha value is -3.20. The normalized spacial score (nSPS) is 14.4. The van der Waals surface area contributed by atoms with Crippen molar-refractivity contribution < 1.29 is 22.3 Å². The molecule has 29 heavy (non-hydrogen) atoms. The minimum absolute atomic E-state index is 0.192. The van der Waals surface area contributed by atoms with Crippen molar-refractivity contribution in [2.24, 2.45) is 0 Å². The number of anilines is 1. The molecule has 0 bridgehead atoms. The molecule has 1 aliphatic heterocycles. The van der Waals surface area contributed by atoms with Gasteiger partial charge in [0.05, 0.1) is 29.5 Å². The number of carbonyl (C=O) groups excluding carboxylic acids is 1. The predicted molar refractivity (Wildman–Crippen MR) is 105 cm³/mol. The third kappa shape index (κ3) is 3.86. The molecule has 150 valence electrons. The van der Waals surface area contributed by atoms with Gasteiger partial charge in [-0.2, -0.15) is 5.10 Å². The molecule has 0 saturated carbocycles. The van der Waals surface area contributed by atoms with E-state index in [1.54, 1.807) is 24.3 Å². The molecule has 0 aliphatic carbocycles. The van der Waals surface area contributed by atoms with Crippen molar-refractivity contribution in [3.63, 3.8) is 0 Å². The van der Waals surface area contributed by atoms with Crippen LogP contribution in [0.1, 0.15) is 28.5 Å². The van der Waals surface area contributed by atoms with Crippen molar-refractivity contribution in [1.82, 2.24) is 9.78 Å². The lowest BCUT2D eigenvalue weighted by molar-refractivity contribution is 0.102. The summed E-state index contributed by atoms with van der Waals surface area (Å²) in [6.07, 6.45) is 0. The van der Waals surface area contributed by atoms with E-state index < -0.39 is 21.6 Å². The Bertz CT molecular complexity index is 1170. The van der Waals surface area contributed by atoms with Crippen LogP contribution in [-0.4, -0.2) is 30.7 Å². The lowest BCUT2D eigenvalue weighted by Gasteiger charge is -2.11. The highest BCUT2D eigenvalue weighted by atomic mass is 32.2. The second-order valence-corrected chi connectivity index (χ2v) is 8.67. The minimum Gasteiger partial charge on any atom is -0.494 e. The fraction of sp³-hybridized carbons (Fsp3) is 0.200. The monoisotopic (exact) mass is 415 g/mol. The van der Waals surface area contributed by atoms with E-state index in [0.29, 0.717) is 34.9 Å². The SMILES string of the molecule is CCOc1ccc(C(=O)Nc2c3c(nn2-c2ccc(F)cc2)CS(=O)(=O)C3)cc1. The van der Waals surface area contributed by atoms with E-state index in [9.17, 15) is 17.6 Å². The molecule has 2 aromatic carbocycles. The van der Waals surface area contributed by atoms with Crippen LogP contribution in [0.5, 0.6) is 5.75 Å². The molecule has 1 aliphatic rings. The average Bonchev–Trinajstić information content (AvgIpc) is 3.16. The van der Waals surface area contributed by atoms with E-state index in [4.69, 9.17) is 4.74 Å². The summed E-state index contributed by atoms with van der Waals surface area (Å²) >= 11 is 0. The standard InChI is InChI=1S/C20H18FN3O4S/c1-2-28-16-9-3-13(4-10-16)20(25)22-19-17-11-29(26,27)12-18(17)23-24(19)15-7-5-14(21)6-8-15/h3-10H,2,11-12H2,1H3,(H,22,25). The summed E-state index contributed by atoms with van der Waals surface area (Å²) in [6.45, 7) is 2.38. The van der Waals surface area contributed by atoms with E-state index in [-0.39, 0.29) is 17.3 Å². The summed E-state index contributed by atoms with van der Waals surface area (Å²) in [5.41, 5.74) is 1.74. The maximum atomic E-state index is 13.3. The first-order chi connectivity index (χ1) is 13.9. The number of rotatable bonds is 5. The highest BCUT2D eigenvalue weighted by molar-refractivity contribution is 7.90. The Morgan fingerprint density at radius 1 is 1.14 bits per heavy atom. The number of aromatic nitrogens is 2. The molecule has 2 heterocycles. The zero-order valence-corrected chi connectivity index (χ0v) is 16.4. The van der Waals surface area contributed by atoms with Gasteiger partial charge in [0.2, 0.25) is 0 Å². The van der Waals surface area contributed by atoms with Crippen LogP contribution in [0.15, 0.2) is 48.5 Å². The van der Waals surface area contributed by atoms with Crippen LogP contribution >= 0.6 is 0 Å². The number of amides is 1. The Kier molecular flexibility index (Phi) is 4.83. The molecule has 1 N–H and O–H groups in total. The van der Waals surface area contributed by atoms with Crippen LogP contribution < -0.4 is 10.1 Å². The molecule has 3 aromatic rings. The average molecular weight is 415 g/mol. The lowest BCUT2D eigenvalue weighted by atomic mass is 10.2. The number of nitrogens with zero attached hydrogens (tertiary/aromatic N) is 2. The Morgan fingerprint density at radius 2 is 1.83 bits per heavy atom. The highest BCUT2D eigenvalue weighted by Gasteiger charge is 2.33. The van der Waals surface area contributed by atoms with Crippen LogP contribution in [0.2, 0.25) is 0 Å². The molecule has 0 fully saturated rings. The molecule has 7 nitrogen and oxygen atoms in total. The van der Waals surface area contributed by atoms with E-state index in [1.807, 2.05) is 6.92 Å². The largest absolute Gasteiger partial charge is 0.494 e. The number of fused-ring (bicyclic) bond motifs is 1. The number of ether oxygens (including phenoxy) is 1. The molecule has 0 saturated heterocycles. The molecule has 1 amide bonds. The molecule has 0 unspecified atom stereocenters. The molecule has 4 rings (SSSR count). The van der Waals surface area contributed by atoms with Gasteiger partial charge in [0.1, 0.15) is 17.4 Å². The Balaban J connectivity index is 1.70. The number of benzene rings is 2. The van der Waals surface area contributed by atoms with Gasteiger partial charge in [0.15, 0.2) is 9.84 Å². The van der Waals surface area contributed by atoms with Crippen molar-refractivity contribution >= 4 is 21.6 Å². The van der Waals surface area contributed by atoms with Crippen molar-refractivity contribution in [2.45, 2.75) is 18.4 Å². The van der Waals surface area contributed by atoms with Crippen molar-refractivity contribution in [3.05, 3.63) is 71.2 Å². The molecule has 0 atom stereocenters. The zero-order chi connectivity index (χ0) is 20.6. The summed E-state index contributed by atoms with van der Waals surface area (Å²) in [5, 5.41) is 7.12. The first-order valence-electron chi connectivity index (χ1n) is 8.97. The number of nitrogens with one attached hydrogen (secondary N) is 1. The van der Waals surface area contributed by atoms with Crippen LogP contribution in [0.4, 0.5) is 10.2 Å². The Labute approximate surface area is 167 Å². The summed E-state index contributed by atoms with van der Waals surface area (Å²) in [5.74, 6) is -0.302. The van der Waals surface area contributed by atoms with Gasteiger partial charge in [0, 0.05) is 11.1 Å². The van der Waals surface area contributed by atoms with Gasteiger partial charge in [-0.25, -0.2) is 17.5 Å². The Morgan fingerprint density at radius 3 is 2.48 bits per heavy atom. The minimum atomic E-state index is -3.31. The maximum absolute atomic E-state index is 13.3. The summed E-state index contributed by atoms with van der Waals surface area (Å²) in [7, 11) is -3.31. The number of hydrogen-bond acceptors (Lipinski definition) is 5. The van der Waals surface area contributed by atoms with Gasteiger partial charge in [-0.15, -0.1) is 0 Å². The van der Waals surface area contributed by atoms with Gasteiger partial charge in [-0.3, -0.25) is 4.79 Å². The summed E-state index contributed by atoms with van der Waals surface area (Å²) < 4.78 is 44.2. The summed E-state index contributed by atoms with van der Waals surface area (Å²) in [4.78, 5) is 12.8. The van der Waals surface area contributed by atoms with Crippen molar-refractivity contribution in [1.29, 1.82) is 0 Å². The second kappa shape index (κ2) is 7.32. The molecular formula is C20H18FN3O4S. The number of hydrogen-bond donors (Lipinski definition) is 1. The van der Waals surface area contributed by atoms with E-state index >= 15 is 0 Å². The van der Waals surface area contributed by atoms with E-state index in [2.05, 4.69) is 10.4 Å². The van der Waals surface area contributed by atoms with Crippen LogP contribution in [-0.2, 0) is 21.3 Å². The number of sulfone groups is 1. The van der Waals surface area contributed by atoms with Crippen molar-refractivity contribution in [3.8, 4) is 11.4 Å². The van der Waals surface area contributed by atoms with Crippen LogP contribution in [0.25, 0.3) is 5.69 Å². The molecule has 9 heteroatoms. The molecule has 0 radical (unpaired) electrons. The first kappa shape index (κ1) is 19.1. The highest BCUT2D eigenvalue weighted by Crippen LogP contribution is 2.33. The quantitative estimate of drug-likeness (QED) is 0.692. The van der Waals surface area contributed by atoms with E-state index in [1.165, 1.54) is 28.9 Å². The fourth-order valence-corrected chi connectivity index (χ4v) is 4.68. The third-order valence-corrected chi connectivity index (χ3v) is 5.96. The van der Waals surface area contributed by atoms with Gasteiger partial charge < -0.3 is 10.1 Å². The maximum Gasteiger partial charge on any atom is 0.256 e. The van der Waals surface area contributed by atoms with Crippen molar-refractivity contribution in [2.75, 3.05) is 11.9 Å². The van der Waals surface area contributed by atoms with Gasteiger partial charge in [0.25, 0.3) is 5.91 Å². The summed E-state index contributed by atoms with van der Waals surface area (Å²) in [6, 6.07) is 12.2. The zero-order valence-electron chi connectivity index (χ0n) is 15.6. The topological polar surface area (TPSA) is 90.3 Å². The van der Waals surface area contributed by atoms with Gasteiger partial charge >= 0.3 is 0 Å². The molecule has 1 aromatic heterocycles. The van der Waals surface area contributed by atoms with E-state index in [0.717, 1.165) is 0 Å². The fourth-order valence-electron chi connectivity index (χ4n) is 3.19. The smallest absolute Gasteiger partial charge is 0.256 e. The number of halogens is 1. The van der Waals surface area contributed by atoms with Crippen LogP contribution in [0.3, 0.4) is 0 Å². The third-order valence-electron chi connectivity index (χ3n) is 4.52. The van der Waals surface area contributed by atoms with Gasteiger partial charge in [-0.1, -0.05) is 0 Å². The lowest BCUT2D eigenvalue weighted by Crippen LogP contribution is -2.17. The number of carbonyl (C=O) groups is 1. The van der Waals surface area contributed by atoms with Gasteiger partial charge in [-0.05, 0) is 55.5 Å².